The van der Waals surface area contributed by atoms with Crippen LogP contribution in [-0.4, -0.2) is 6.61 Å². The molecule has 0 aliphatic carbocycles. The van der Waals surface area contributed by atoms with Gasteiger partial charge in [0.25, 0.3) is 0 Å². The summed E-state index contributed by atoms with van der Waals surface area (Å²) in [5.41, 5.74) is 2.94. The largest absolute Gasteiger partial charge is 0.463 e. The van der Waals surface area contributed by atoms with E-state index in [0.29, 0.717) is 12.0 Å². The van der Waals surface area contributed by atoms with Crippen LogP contribution in [0.3, 0.4) is 0 Å². The molecule has 0 aliphatic heterocycles. The minimum absolute atomic E-state index is 0.414. The van der Waals surface area contributed by atoms with Crippen LogP contribution in [0, 0.1) is 5.41 Å². The highest BCUT2D eigenvalue weighted by Gasteiger charge is 2.20. The highest BCUT2D eigenvalue weighted by Crippen LogP contribution is 2.44. The molecule has 2 aromatic carbocycles. The molecule has 0 heterocycles. The third kappa shape index (κ3) is 19.1. The third-order valence-corrected chi connectivity index (χ3v) is 9.49. The predicted octanol–water partition coefficient (Wildman–Crippen LogP) is 14.0. The van der Waals surface area contributed by atoms with E-state index >= 15 is 0 Å². The van der Waals surface area contributed by atoms with E-state index in [4.69, 9.17) is 13.6 Å². The quantitative estimate of drug-likeness (QED) is 0.0729. The Bertz CT molecular complexity index is 890. The Morgan fingerprint density at radius 3 is 1.39 bits per heavy atom. The van der Waals surface area contributed by atoms with Gasteiger partial charge in [0.05, 0.1) is 6.61 Å². The van der Waals surface area contributed by atoms with Crippen LogP contribution in [0.4, 0.5) is 0 Å². The van der Waals surface area contributed by atoms with Crippen LogP contribution >= 0.6 is 8.60 Å². The van der Waals surface area contributed by atoms with Crippen molar-refractivity contribution < 1.29 is 13.6 Å². The van der Waals surface area contributed by atoms with E-state index in [1.165, 1.54) is 127 Å². The fraction of sp³-hybridized carbons (Fsp3) is 0.700. The van der Waals surface area contributed by atoms with Crippen LogP contribution in [0.25, 0.3) is 0 Å². The molecule has 0 aliphatic rings. The lowest BCUT2D eigenvalue weighted by Crippen LogP contribution is -2.05. The van der Waals surface area contributed by atoms with Gasteiger partial charge >= 0.3 is 8.60 Å². The standard InChI is InChI=1S/C40H67O3P/c1-6-8-10-12-14-16-20-28-36-30-22-24-32-38(36)42-44(41-35-27-19-18-26-34-40(3,4)5)43-39-33-25-23-31-37(39)29-21-17-15-13-11-9-7-2/h22-25,30-33H,6-21,26-29,34-35H2,1-5H3. The minimum atomic E-state index is -1.55. The zero-order valence-electron chi connectivity index (χ0n) is 29.3. The molecule has 0 amide bonds. The molecule has 0 aromatic heterocycles. The summed E-state index contributed by atoms with van der Waals surface area (Å²) < 4.78 is 19.6. The molecule has 0 N–H and O–H groups in total. The zero-order valence-corrected chi connectivity index (χ0v) is 30.2. The van der Waals surface area contributed by atoms with Crippen molar-refractivity contribution in [3.05, 3.63) is 59.7 Å². The lowest BCUT2D eigenvalue weighted by atomic mass is 9.89. The maximum absolute atomic E-state index is 6.59. The Kier molecular flexibility index (Phi) is 21.6. The molecule has 0 spiro atoms. The summed E-state index contributed by atoms with van der Waals surface area (Å²) in [6.07, 6.45) is 26.5. The summed E-state index contributed by atoms with van der Waals surface area (Å²) >= 11 is 0. The zero-order chi connectivity index (χ0) is 31.7. The van der Waals surface area contributed by atoms with Crippen molar-refractivity contribution in [1.29, 1.82) is 0 Å². The maximum Gasteiger partial charge on any atom is 0.463 e. The molecule has 0 saturated carbocycles. The summed E-state index contributed by atoms with van der Waals surface area (Å²) in [6, 6.07) is 17.0. The molecule has 2 rings (SSSR count). The lowest BCUT2D eigenvalue weighted by Gasteiger charge is -2.21. The molecule has 0 fully saturated rings. The molecule has 0 bridgehead atoms. The van der Waals surface area contributed by atoms with Gasteiger partial charge in [-0.05, 0) is 67.2 Å². The molecule has 4 heteroatoms. The van der Waals surface area contributed by atoms with Crippen LogP contribution in [-0.2, 0) is 17.4 Å². The number of hydrogen-bond acceptors (Lipinski definition) is 3. The van der Waals surface area contributed by atoms with Gasteiger partial charge in [0, 0.05) is 0 Å². The number of aryl methyl sites for hydroxylation is 2. The topological polar surface area (TPSA) is 27.7 Å². The molecule has 0 saturated heterocycles. The maximum atomic E-state index is 6.59. The molecule has 2 aromatic rings. The van der Waals surface area contributed by atoms with Crippen molar-refractivity contribution in [1.82, 2.24) is 0 Å². The van der Waals surface area contributed by atoms with E-state index in [9.17, 15) is 0 Å². The second kappa shape index (κ2) is 24.6. The number of para-hydroxylation sites is 2. The summed E-state index contributed by atoms with van der Waals surface area (Å²) in [7, 11) is -1.55. The molecule has 0 unspecified atom stereocenters. The SMILES string of the molecule is CCCCCCCCCc1ccccc1OP(OCCCCCCC(C)(C)C)Oc1ccccc1CCCCCCCCC. The first-order valence-electron chi connectivity index (χ1n) is 18.4. The molecular weight excluding hydrogens is 559 g/mol. The first kappa shape index (κ1) is 38.6. The lowest BCUT2D eigenvalue weighted by molar-refractivity contribution is 0.256. The average Bonchev–Trinajstić information content (AvgIpc) is 3.00. The second-order valence-corrected chi connectivity index (χ2v) is 15.0. The first-order valence-corrected chi connectivity index (χ1v) is 19.5. The number of benzene rings is 2. The fourth-order valence-electron chi connectivity index (χ4n) is 5.63. The second-order valence-electron chi connectivity index (χ2n) is 13.9. The van der Waals surface area contributed by atoms with E-state index in [0.717, 1.165) is 30.8 Å². The fourth-order valence-corrected chi connectivity index (χ4v) is 6.72. The Morgan fingerprint density at radius 2 is 0.909 bits per heavy atom. The van der Waals surface area contributed by atoms with Crippen molar-refractivity contribution in [3.8, 4) is 11.5 Å². The van der Waals surface area contributed by atoms with E-state index < -0.39 is 8.60 Å². The smallest absolute Gasteiger partial charge is 0.417 e. The van der Waals surface area contributed by atoms with Crippen molar-refractivity contribution in [3.63, 3.8) is 0 Å². The number of rotatable bonds is 27. The van der Waals surface area contributed by atoms with Crippen LogP contribution in [0.5, 0.6) is 11.5 Å². The molecule has 0 atom stereocenters. The van der Waals surface area contributed by atoms with Gasteiger partial charge in [-0.25, -0.2) is 0 Å². The van der Waals surface area contributed by atoms with E-state index in [-0.39, 0.29) is 0 Å². The van der Waals surface area contributed by atoms with E-state index in [1.54, 1.807) is 0 Å². The van der Waals surface area contributed by atoms with Gasteiger partial charge in [0.2, 0.25) is 0 Å². The Hall–Kier alpha value is -1.57. The number of hydrogen-bond donors (Lipinski definition) is 0. The van der Waals surface area contributed by atoms with Crippen LogP contribution in [0.1, 0.15) is 168 Å². The first-order chi connectivity index (χ1) is 21.4. The minimum Gasteiger partial charge on any atom is -0.417 e. The normalized spacial score (nSPS) is 11.8. The van der Waals surface area contributed by atoms with Crippen molar-refractivity contribution in [2.75, 3.05) is 6.61 Å². The average molecular weight is 627 g/mol. The Labute approximate surface area is 274 Å². The van der Waals surface area contributed by atoms with Gasteiger partial charge in [-0.1, -0.05) is 167 Å². The molecular formula is C40H67O3P. The summed E-state index contributed by atoms with van der Waals surface area (Å²) in [5, 5.41) is 0. The molecule has 44 heavy (non-hydrogen) atoms. The van der Waals surface area contributed by atoms with Crippen LogP contribution < -0.4 is 9.05 Å². The molecule has 3 nitrogen and oxygen atoms in total. The van der Waals surface area contributed by atoms with Crippen molar-refractivity contribution in [2.45, 2.75) is 169 Å². The van der Waals surface area contributed by atoms with Gasteiger partial charge in [0.15, 0.2) is 0 Å². The summed E-state index contributed by atoms with van der Waals surface area (Å²) in [5.74, 6) is 1.83. The van der Waals surface area contributed by atoms with Crippen LogP contribution in [0.15, 0.2) is 48.5 Å². The number of unbranched alkanes of at least 4 members (excludes halogenated alkanes) is 15. The Morgan fingerprint density at radius 1 is 0.500 bits per heavy atom. The highest BCUT2D eigenvalue weighted by atomic mass is 31.2. The molecule has 0 radical (unpaired) electrons. The van der Waals surface area contributed by atoms with Crippen molar-refractivity contribution in [2.24, 2.45) is 5.41 Å². The summed E-state index contributed by atoms with van der Waals surface area (Å²) in [6.45, 7) is 12.2. The summed E-state index contributed by atoms with van der Waals surface area (Å²) in [4.78, 5) is 0. The van der Waals surface area contributed by atoms with Gasteiger partial charge in [-0.3, -0.25) is 4.52 Å². The predicted molar refractivity (Wildman–Crippen MR) is 193 cm³/mol. The monoisotopic (exact) mass is 626 g/mol. The van der Waals surface area contributed by atoms with Gasteiger partial charge < -0.3 is 9.05 Å². The Balaban J connectivity index is 1.98. The van der Waals surface area contributed by atoms with E-state index in [1.807, 2.05) is 0 Å². The van der Waals surface area contributed by atoms with E-state index in [2.05, 4.69) is 83.1 Å². The van der Waals surface area contributed by atoms with Crippen molar-refractivity contribution >= 4 is 8.60 Å². The van der Waals surface area contributed by atoms with Gasteiger partial charge in [0.1, 0.15) is 11.5 Å². The van der Waals surface area contributed by atoms with Gasteiger partial charge in [-0.15, -0.1) is 0 Å². The van der Waals surface area contributed by atoms with Crippen LogP contribution in [0.2, 0.25) is 0 Å². The highest BCUT2D eigenvalue weighted by molar-refractivity contribution is 7.42. The third-order valence-electron chi connectivity index (χ3n) is 8.41. The van der Waals surface area contributed by atoms with Gasteiger partial charge in [-0.2, -0.15) is 0 Å². The molecule has 250 valence electrons.